The Morgan fingerprint density at radius 3 is 2.20 bits per heavy atom. The summed E-state index contributed by atoms with van der Waals surface area (Å²) in [5.74, 6) is 0.321. The zero-order valence-corrected chi connectivity index (χ0v) is 13.0. The largest absolute Gasteiger partial charge is 0.379 e. The number of halogens is 1. The molecule has 2 aromatic rings. The Hall–Kier alpha value is -1.52. The highest BCUT2D eigenvalue weighted by Gasteiger charge is 2.21. The SMILES string of the molecule is Cc1ccc(S(=O)(=O)Oc2cc(C)ccc2C)c(Cl)c1. The van der Waals surface area contributed by atoms with Crippen molar-refractivity contribution in [1.82, 2.24) is 0 Å². The molecule has 0 spiro atoms. The molecule has 0 unspecified atom stereocenters. The van der Waals surface area contributed by atoms with Crippen molar-refractivity contribution in [3.63, 3.8) is 0 Å². The van der Waals surface area contributed by atoms with Crippen LogP contribution in [0.25, 0.3) is 0 Å². The van der Waals surface area contributed by atoms with Gasteiger partial charge in [-0.2, -0.15) is 8.42 Å². The van der Waals surface area contributed by atoms with Crippen molar-refractivity contribution in [3.05, 3.63) is 58.1 Å². The van der Waals surface area contributed by atoms with E-state index in [1.54, 1.807) is 25.1 Å². The molecule has 0 aliphatic carbocycles. The quantitative estimate of drug-likeness (QED) is 0.804. The average Bonchev–Trinajstić information content (AvgIpc) is 2.33. The molecule has 0 saturated heterocycles. The molecule has 0 aromatic heterocycles. The monoisotopic (exact) mass is 310 g/mol. The van der Waals surface area contributed by atoms with Crippen LogP contribution in [0.1, 0.15) is 16.7 Å². The van der Waals surface area contributed by atoms with Crippen LogP contribution < -0.4 is 4.18 Å². The van der Waals surface area contributed by atoms with E-state index in [1.165, 1.54) is 6.07 Å². The second kappa shape index (κ2) is 5.46. The molecular weight excluding hydrogens is 296 g/mol. The molecule has 0 amide bonds. The fourth-order valence-electron chi connectivity index (χ4n) is 1.77. The van der Waals surface area contributed by atoms with Gasteiger partial charge in [-0.1, -0.05) is 29.8 Å². The molecule has 3 nitrogen and oxygen atoms in total. The van der Waals surface area contributed by atoms with Gasteiger partial charge in [-0.25, -0.2) is 0 Å². The smallest absolute Gasteiger partial charge is 0.340 e. The summed E-state index contributed by atoms with van der Waals surface area (Å²) < 4.78 is 29.8. The zero-order valence-electron chi connectivity index (χ0n) is 11.5. The molecule has 0 atom stereocenters. The summed E-state index contributed by atoms with van der Waals surface area (Å²) in [7, 11) is -3.93. The molecule has 0 bridgehead atoms. The first-order valence-corrected chi connectivity index (χ1v) is 7.86. The van der Waals surface area contributed by atoms with E-state index in [0.717, 1.165) is 16.7 Å². The lowest BCUT2D eigenvalue weighted by molar-refractivity contribution is 0.484. The second-order valence-electron chi connectivity index (χ2n) is 4.74. The maximum Gasteiger partial charge on any atom is 0.340 e. The standard InChI is InChI=1S/C15H15ClO3S/c1-10-5-7-15(13(16)8-10)20(17,18)19-14-9-11(2)4-6-12(14)3/h4-9H,1-3H3. The van der Waals surface area contributed by atoms with Crippen molar-refractivity contribution in [1.29, 1.82) is 0 Å². The van der Waals surface area contributed by atoms with E-state index in [1.807, 2.05) is 26.0 Å². The summed E-state index contributed by atoms with van der Waals surface area (Å²) in [6.45, 7) is 5.51. The minimum Gasteiger partial charge on any atom is -0.379 e. The van der Waals surface area contributed by atoms with Crippen molar-refractivity contribution in [2.45, 2.75) is 25.7 Å². The first-order valence-electron chi connectivity index (χ1n) is 6.07. The normalized spacial score (nSPS) is 11.4. The van der Waals surface area contributed by atoms with E-state index in [0.29, 0.717) is 5.75 Å². The van der Waals surface area contributed by atoms with E-state index in [-0.39, 0.29) is 9.92 Å². The van der Waals surface area contributed by atoms with Gasteiger partial charge in [0, 0.05) is 0 Å². The average molecular weight is 311 g/mol. The Kier molecular flexibility index (Phi) is 4.06. The summed E-state index contributed by atoms with van der Waals surface area (Å²) >= 11 is 5.99. The summed E-state index contributed by atoms with van der Waals surface area (Å²) in [5, 5.41) is 0.162. The van der Waals surface area contributed by atoms with Crippen LogP contribution in [0.4, 0.5) is 0 Å². The van der Waals surface area contributed by atoms with Crippen LogP contribution in [0, 0.1) is 20.8 Å². The molecule has 0 heterocycles. The minimum atomic E-state index is -3.93. The Labute approximate surface area is 124 Å². The highest BCUT2D eigenvalue weighted by Crippen LogP contribution is 2.28. The molecule has 0 aliphatic heterocycles. The van der Waals surface area contributed by atoms with E-state index in [2.05, 4.69) is 0 Å². The van der Waals surface area contributed by atoms with Gasteiger partial charge in [0.1, 0.15) is 10.6 Å². The lowest BCUT2D eigenvalue weighted by Crippen LogP contribution is -2.11. The summed E-state index contributed by atoms with van der Waals surface area (Å²) in [6, 6.07) is 10.1. The number of benzene rings is 2. The van der Waals surface area contributed by atoms with Crippen LogP contribution in [-0.2, 0) is 10.1 Å². The van der Waals surface area contributed by atoms with Gasteiger partial charge < -0.3 is 4.18 Å². The highest BCUT2D eigenvalue weighted by atomic mass is 35.5. The minimum absolute atomic E-state index is 0.0225. The third-order valence-corrected chi connectivity index (χ3v) is 4.62. The van der Waals surface area contributed by atoms with Crippen LogP contribution >= 0.6 is 11.6 Å². The van der Waals surface area contributed by atoms with Crippen LogP contribution in [0.3, 0.4) is 0 Å². The van der Waals surface area contributed by atoms with Crippen molar-refractivity contribution in [3.8, 4) is 5.75 Å². The van der Waals surface area contributed by atoms with E-state index >= 15 is 0 Å². The van der Waals surface area contributed by atoms with Crippen molar-refractivity contribution < 1.29 is 12.6 Å². The Morgan fingerprint density at radius 1 is 0.950 bits per heavy atom. The molecule has 0 aliphatic rings. The molecule has 2 aromatic carbocycles. The predicted molar refractivity (Wildman–Crippen MR) is 79.9 cm³/mol. The molecular formula is C15H15ClO3S. The lowest BCUT2D eigenvalue weighted by Gasteiger charge is -2.11. The summed E-state index contributed by atoms with van der Waals surface area (Å²) in [4.78, 5) is -0.0225. The van der Waals surface area contributed by atoms with Gasteiger partial charge in [-0.05, 0) is 55.7 Å². The highest BCUT2D eigenvalue weighted by molar-refractivity contribution is 7.87. The van der Waals surface area contributed by atoms with Gasteiger partial charge in [-0.3, -0.25) is 0 Å². The van der Waals surface area contributed by atoms with Gasteiger partial charge in [-0.15, -0.1) is 0 Å². The third kappa shape index (κ3) is 3.14. The van der Waals surface area contributed by atoms with E-state index in [9.17, 15) is 8.42 Å². The predicted octanol–water partition coefficient (Wildman–Crippen LogP) is 4.03. The summed E-state index contributed by atoms with van der Waals surface area (Å²) in [5.41, 5.74) is 2.57. The Bertz CT molecular complexity index is 752. The van der Waals surface area contributed by atoms with Gasteiger partial charge in [0.05, 0.1) is 5.02 Å². The lowest BCUT2D eigenvalue weighted by atomic mass is 10.1. The van der Waals surface area contributed by atoms with Gasteiger partial charge in [0.2, 0.25) is 0 Å². The molecule has 0 fully saturated rings. The van der Waals surface area contributed by atoms with E-state index < -0.39 is 10.1 Å². The van der Waals surface area contributed by atoms with Gasteiger partial charge in [0.15, 0.2) is 0 Å². The summed E-state index contributed by atoms with van der Waals surface area (Å²) in [6.07, 6.45) is 0. The van der Waals surface area contributed by atoms with Crippen LogP contribution in [0.2, 0.25) is 5.02 Å². The molecule has 0 radical (unpaired) electrons. The van der Waals surface area contributed by atoms with Crippen LogP contribution in [-0.4, -0.2) is 8.42 Å². The van der Waals surface area contributed by atoms with Crippen molar-refractivity contribution >= 4 is 21.7 Å². The third-order valence-electron chi connectivity index (χ3n) is 2.90. The molecule has 106 valence electrons. The van der Waals surface area contributed by atoms with E-state index in [4.69, 9.17) is 15.8 Å². The topological polar surface area (TPSA) is 43.4 Å². The Balaban J connectivity index is 2.43. The maximum absolute atomic E-state index is 12.3. The molecule has 5 heteroatoms. The fourth-order valence-corrected chi connectivity index (χ4v) is 3.33. The van der Waals surface area contributed by atoms with Gasteiger partial charge >= 0.3 is 10.1 Å². The number of hydrogen-bond acceptors (Lipinski definition) is 3. The Morgan fingerprint density at radius 2 is 1.55 bits per heavy atom. The van der Waals surface area contributed by atoms with Crippen LogP contribution in [0.5, 0.6) is 5.75 Å². The molecule has 0 N–H and O–H groups in total. The first-order chi connectivity index (χ1) is 9.29. The first kappa shape index (κ1) is 14.9. The van der Waals surface area contributed by atoms with Gasteiger partial charge in [0.25, 0.3) is 0 Å². The molecule has 2 rings (SSSR count). The van der Waals surface area contributed by atoms with Crippen molar-refractivity contribution in [2.75, 3.05) is 0 Å². The molecule has 0 saturated carbocycles. The zero-order chi connectivity index (χ0) is 14.9. The van der Waals surface area contributed by atoms with Crippen LogP contribution in [0.15, 0.2) is 41.3 Å². The number of rotatable bonds is 3. The fraction of sp³-hybridized carbons (Fsp3) is 0.200. The maximum atomic E-state index is 12.3. The second-order valence-corrected chi connectivity index (χ2v) is 6.66. The number of aryl methyl sites for hydroxylation is 3. The van der Waals surface area contributed by atoms with Crippen molar-refractivity contribution in [2.24, 2.45) is 0 Å². The molecule has 20 heavy (non-hydrogen) atoms. The number of hydrogen-bond donors (Lipinski definition) is 0.